The second-order valence-electron chi connectivity index (χ2n) is 2.42. The average molecular weight is 115 g/mol. The molecular weight excluding hydrogens is 102 g/mol. The van der Waals surface area contributed by atoms with Crippen LogP contribution in [-0.2, 0) is 0 Å². The lowest BCUT2D eigenvalue weighted by atomic mass is 10.2. The number of nitrogens with two attached hydrogens (primary N) is 2. The van der Waals surface area contributed by atoms with E-state index >= 15 is 0 Å². The van der Waals surface area contributed by atoms with E-state index in [1.54, 1.807) is 0 Å². The summed E-state index contributed by atoms with van der Waals surface area (Å²) in [5.41, 5.74) is 11.2. The molecule has 1 rings (SSSR count). The van der Waals surface area contributed by atoms with Crippen molar-refractivity contribution in [3.63, 3.8) is 0 Å². The van der Waals surface area contributed by atoms with Gasteiger partial charge in [0.15, 0.2) is 0 Å². The minimum Gasteiger partial charge on any atom is -0.325 e. The molecule has 1 fully saturated rings. The summed E-state index contributed by atoms with van der Waals surface area (Å²) in [6.45, 7) is 1.04. The summed E-state index contributed by atoms with van der Waals surface area (Å²) in [7, 11) is 2.00. The van der Waals surface area contributed by atoms with Crippen LogP contribution in [0.1, 0.15) is 6.42 Å². The first-order valence-electron chi connectivity index (χ1n) is 2.93. The molecule has 0 aliphatic carbocycles. The Morgan fingerprint density at radius 1 is 1.50 bits per heavy atom. The Morgan fingerprint density at radius 2 is 2.12 bits per heavy atom. The topological polar surface area (TPSA) is 55.3 Å². The van der Waals surface area contributed by atoms with E-state index in [0.29, 0.717) is 0 Å². The molecule has 0 aromatic carbocycles. The highest BCUT2D eigenvalue weighted by Crippen LogP contribution is 2.07. The normalized spacial score (nSPS) is 40.9. The molecule has 1 heterocycles. The minimum absolute atomic E-state index is 0.0926. The molecule has 8 heavy (non-hydrogen) atoms. The summed E-state index contributed by atoms with van der Waals surface area (Å²) in [4.78, 5) is 2.07. The molecule has 2 unspecified atom stereocenters. The van der Waals surface area contributed by atoms with Crippen molar-refractivity contribution in [2.45, 2.75) is 18.6 Å². The maximum atomic E-state index is 5.62. The van der Waals surface area contributed by atoms with Crippen molar-refractivity contribution in [2.24, 2.45) is 11.5 Å². The van der Waals surface area contributed by atoms with E-state index in [4.69, 9.17) is 11.5 Å². The molecule has 0 amide bonds. The van der Waals surface area contributed by atoms with Crippen LogP contribution in [-0.4, -0.2) is 30.7 Å². The Balaban J connectivity index is 2.44. The van der Waals surface area contributed by atoms with Gasteiger partial charge in [-0.2, -0.15) is 0 Å². The van der Waals surface area contributed by atoms with E-state index in [1.165, 1.54) is 0 Å². The molecule has 1 saturated heterocycles. The van der Waals surface area contributed by atoms with Crippen molar-refractivity contribution >= 4 is 0 Å². The van der Waals surface area contributed by atoms with Gasteiger partial charge in [0.05, 0.1) is 6.17 Å². The molecule has 0 spiro atoms. The number of nitrogens with zero attached hydrogens (tertiary/aromatic N) is 1. The van der Waals surface area contributed by atoms with Crippen LogP contribution in [0.15, 0.2) is 0 Å². The molecule has 4 N–H and O–H groups in total. The maximum absolute atomic E-state index is 5.62. The van der Waals surface area contributed by atoms with E-state index in [2.05, 4.69) is 4.90 Å². The highest BCUT2D eigenvalue weighted by atomic mass is 15.2. The van der Waals surface area contributed by atoms with E-state index in [0.717, 1.165) is 13.0 Å². The third-order valence-electron chi connectivity index (χ3n) is 1.76. The smallest absolute Gasteiger partial charge is 0.0725 e. The highest BCUT2D eigenvalue weighted by molar-refractivity contribution is 4.82. The Bertz CT molecular complexity index is 73.7. The van der Waals surface area contributed by atoms with Crippen LogP contribution in [0.5, 0.6) is 0 Å². The van der Waals surface area contributed by atoms with Crippen LogP contribution >= 0.6 is 0 Å². The standard InChI is InChI=1S/C5H13N3/c1-8-3-2-4(6)5(8)7/h4-5H,2-3,6-7H2,1H3. The number of rotatable bonds is 0. The van der Waals surface area contributed by atoms with Gasteiger partial charge in [0.1, 0.15) is 0 Å². The Kier molecular flexibility index (Phi) is 1.51. The largest absolute Gasteiger partial charge is 0.325 e. The Labute approximate surface area is 49.6 Å². The van der Waals surface area contributed by atoms with Gasteiger partial charge >= 0.3 is 0 Å². The molecule has 2 atom stereocenters. The molecule has 1 aliphatic heterocycles. The first kappa shape index (κ1) is 6.01. The van der Waals surface area contributed by atoms with Crippen molar-refractivity contribution in [1.82, 2.24) is 4.90 Å². The summed E-state index contributed by atoms with van der Waals surface area (Å²) < 4.78 is 0. The molecule has 0 saturated carbocycles. The molecule has 0 aromatic heterocycles. The van der Waals surface area contributed by atoms with Crippen molar-refractivity contribution in [3.05, 3.63) is 0 Å². The minimum atomic E-state index is 0.0926. The maximum Gasteiger partial charge on any atom is 0.0725 e. The zero-order chi connectivity index (χ0) is 6.15. The van der Waals surface area contributed by atoms with Gasteiger partial charge in [-0.1, -0.05) is 0 Å². The zero-order valence-electron chi connectivity index (χ0n) is 5.17. The Morgan fingerprint density at radius 3 is 2.25 bits per heavy atom. The van der Waals surface area contributed by atoms with Gasteiger partial charge in [-0.3, -0.25) is 4.90 Å². The van der Waals surface area contributed by atoms with Gasteiger partial charge in [0, 0.05) is 12.6 Å². The lowest BCUT2D eigenvalue weighted by molar-refractivity contribution is 0.305. The molecule has 3 nitrogen and oxygen atoms in total. The van der Waals surface area contributed by atoms with Crippen LogP contribution < -0.4 is 11.5 Å². The van der Waals surface area contributed by atoms with E-state index in [1.807, 2.05) is 7.05 Å². The van der Waals surface area contributed by atoms with E-state index in [-0.39, 0.29) is 12.2 Å². The second-order valence-corrected chi connectivity index (χ2v) is 2.42. The van der Waals surface area contributed by atoms with Crippen LogP contribution in [0, 0.1) is 0 Å². The number of hydrogen-bond donors (Lipinski definition) is 2. The third kappa shape index (κ3) is 0.844. The molecular formula is C5H13N3. The molecule has 3 heteroatoms. The van der Waals surface area contributed by atoms with Crippen molar-refractivity contribution < 1.29 is 0 Å². The van der Waals surface area contributed by atoms with Gasteiger partial charge in [-0.05, 0) is 13.5 Å². The molecule has 1 aliphatic rings. The number of hydrogen-bond acceptors (Lipinski definition) is 3. The van der Waals surface area contributed by atoms with Gasteiger partial charge in [-0.25, -0.2) is 0 Å². The number of likely N-dealkylation sites (tertiary alicyclic amines) is 1. The summed E-state index contributed by atoms with van der Waals surface area (Å²) >= 11 is 0. The third-order valence-corrected chi connectivity index (χ3v) is 1.76. The van der Waals surface area contributed by atoms with Gasteiger partial charge in [0.2, 0.25) is 0 Å². The van der Waals surface area contributed by atoms with Crippen LogP contribution in [0.25, 0.3) is 0 Å². The predicted molar refractivity (Wildman–Crippen MR) is 33.2 cm³/mol. The first-order valence-corrected chi connectivity index (χ1v) is 2.93. The molecule has 0 bridgehead atoms. The summed E-state index contributed by atoms with van der Waals surface area (Å²) in [5.74, 6) is 0. The quantitative estimate of drug-likeness (QED) is 0.423. The monoisotopic (exact) mass is 115 g/mol. The van der Waals surface area contributed by atoms with Crippen molar-refractivity contribution in [1.29, 1.82) is 0 Å². The van der Waals surface area contributed by atoms with Crippen LogP contribution in [0.4, 0.5) is 0 Å². The second kappa shape index (κ2) is 2.01. The van der Waals surface area contributed by atoms with E-state index in [9.17, 15) is 0 Å². The fourth-order valence-corrected chi connectivity index (χ4v) is 0.999. The van der Waals surface area contributed by atoms with Crippen LogP contribution in [0.3, 0.4) is 0 Å². The zero-order valence-corrected chi connectivity index (χ0v) is 5.17. The molecule has 0 radical (unpaired) electrons. The summed E-state index contributed by atoms with van der Waals surface area (Å²) in [6, 6.07) is 0.194. The molecule has 0 aromatic rings. The van der Waals surface area contributed by atoms with E-state index < -0.39 is 0 Å². The lowest BCUT2D eigenvalue weighted by Gasteiger charge is -2.16. The highest BCUT2D eigenvalue weighted by Gasteiger charge is 2.24. The fourth-order valence-electron chi connectivity index (χ4n) is 0.999. The fraction of sp³-hybridized carbons (Fsp3) is 1.00. The predicted octanol–water partition coefficient (Wildman–Crippen LogP) is -1.07. The molecule has 48 valence electrons. The van der Waals surface area contributed by atoms with Gasteiger partial charge in [-0.15, -0.1) is 0 Å². The van der Waals surface area contributed by atoms with Gasteiger partial charge in [0.25, 0.3) is 0 Å². The lowest BCUT2D eigenvalue weighted by Crippen LogP contribution is -2.44. The van der Waals surface area contributed by atoms with Crippen LogP contribution in [0.2, 0.25) is 0 Å². The first-order chi connectivity index (χ1) is 3.72. The summed E-state index contributed by atoms with van der Waals surface area (Å²) in [5, 5.41) is 0. The average Bonchev–Trinajstić information content (AvgIpc) is 1.98. The van der Waals surface area contributed by atoms with Crippen molar-refractivity contribution in [2.75, 3.05) is 13.6 Å². The Hall–Kier alpha value is -0.120. The van der Waals surface area contributed by atoms with Crippen molar-refractivity contribution in [3.8, 4) is 0 Å². The number of likely N-dealkylation sites (N-methyl/N-ethyl adjacent to an activating group) is 1. The summed E-state index contributed by atoms with van der Waals surface area (Å²) in [6.07, 6.45) is 1.13. The SMILES string of the molecule is CN1CCC(N)C1N. The van der Waals surface area contributed by atoms with Gasteiger partial charge < -0.3 is 11.5 Å².